The molecule has 0 bridgehead atoms. The molecule has 1 aromatic heterocycles. The zero-order valence-corrected chi connectivity index (χ0v) is 33.1. The van der Waals surface area contributed by atoms with Gasteiger partial charge in [-0.05, 0) is 102 Å². The van der Waals surface area contributed by atoms with E-state index in [9.17, 15) is 0 Å². The molecule has 4 aliphatic heterocycles. The van der Waals surface area contributed by atoms with Gasteiger partial charge in [0.05, 0.1) is 18.6 Å². The molecule has 9 rings (SSSR count). The third-order valence-electron chi connectivity index (χ3n) is 12.7. The van der Waals surface area contributed by atoms with Gasteiger partial charge in [0.2, 0.25) is 0 Å². The van der Waals surface area contributed by atoms with Gasteiger partial charge in [0, 0.05) is 67.7 Å². The zero-order chi connectivity index (χ0) is 37.4. The molecule has 0 radical (unpaired) electrons. The average molecular weight is 803 g/mol. The Hall–Kier alpha value is -3.79. The Balaban J connectivity index is 0.884. The van der Waals surface area contributed by atoms with E-state index >= 15 is 8.78 Å². The van der Waals surface area contributed by atoms with Crippen molar-refractivity contribution in [2.75, 3.05) is 39.3 Å². The van der Waals surface area contributed by atoms with Crippen LogP contribution in [0.1, 0.15) is 64.2 Å². The molecule has 2 fully saturated rings. The average Bonchev–Trinajstić information content (AvgIpc) is 3.21. The Morgan fingerprint density at radius 1 is 0.673 bits per heavy atom. The first-order valence-corrected chi connectivity index (χ1v) is 20.9. The number of rotatable bonds is 8. The predicted octanol–water partition coefficient (Wildman–Crippen LogP) is 9.39. The number of likely N-dealkylation sites (tertiary alicyclic amines) is 2. The fraction of sp³-hybridized carbons (Fsp3) is 0.383. The van der Waals surface area contributed by atoms with E-state index in [-0.39, 0.29) is 12.6 Å². The molecule has 55 heavy (non-hydrogen) atoms. The molecule has 5 aromatic rings. The molecule has 4 aliphatic rings. The fourth-order valence-electron chi connectivity index (χ4n) is 9.93. The van der Waals surface area contributed by atoms with Crippen molar-refractivity contribution < 1.29 is 8.78 Å². The summed E-state index contributed by atoms with van der Waals surface area (Å²) < 4.78 is 33.9. The molecule has 4 aromatic carbocycles. The molecule has 8 heteroatoms. The number of alkyl halides is 2. The number of pyridine rings is 1. The van der Waals surface area contributed by atoms with E-state index in [2.05, 4.69) is 92.5 Å². The number of benzene rings is 4. The van der Waals surface area contributed by atoms with Gasteiger partial charge in [-0.15, -0.1) is 0 Å². The van der Waals surface area contributed by atoms with E-state index < -0.39 is 12.0 Å². The second-order valence-electron chi connectivity index (χ2n) is 16.1. The number of piperidine rings is 2. The van der Waals surface area contributed by atoms with Crippen molar-refractivity contribution in [1.29, 1.82) is 0 Å². The first-order chi connectivity index (χ1) is 26.9. The van der Waals surface area contributed by atoms with Gasteiger partial charge in [0.25, 0.3) is 5.92 Å². The lowest BCUT2D eigenvalue weighted by atomic mass is 9.87. The van der Waals surface area contributed by atoms with E-state index in [0.29, 0.717) is 32.1 Å². The van der Waals surface area contributed by atoms with Crippen LogP contribution in [0.2, 0.25) is 0 Å². The molecule has 5 nitrogen and oxygen atoms in total. The largest absolute Gasteiger partial charge is 0.299 e. The highest BCUT2D eigenvalue weighted by Crippen LogP contribution is 2.42. The monoisotopic (exact) mass is 801 g/mol. The highest BCUT2D eigenvalue weighted by molar-refractivity contribution is 9.10. The summed E-state index contributed by atoms with van der Waals surface area (Å²) in [6.45, 7) is 6.84. The molecule has 0 aliphatic carbocycles. The number of halogens is 3. The van der Waals surface area contributed by atoms with Crippen LogP contribution < -0.4 is 0 Å². The molecular formula is C47H50BrF2N5. The minimum atomic E-state index is -2.85. The Morgan fingerprint density at radius 3 is 2.02 bits per heavy atom. The van der Waals surface area contributed by atoms with Gasteiger partial charge in [0.15, 0.2) is 0 Å². The molecule has 2 saturated heterocycles. The molecule has 0 saturated carbocycles. The Labute approximate surface area is 333 Å². The minimum Gasteiger partial charge on any atom is -0.299 e. The van der Waals surface area contributed by atoms with Crippen molar-refractivity contribution in [3.8, 4) is 11.1 Å². The van der Waals surface area contributed by atoms with Gasteiger partial charge in [-0.25, -0.2) is 8.78 Å². The van der Waals surface area contributed by atoms with Gasteiger partial charge in [0.1, 0.15) is 0 Å². The van der Waals surface area contributed by atoms with Crippen molar-refractivity contribution in [2.45, 2.75) is 75.8 Å². The summed E-state index contributed by atoms with van der Waals surface area (Å²) in [6, 6.07) is 35.3. The van der Waals surface area contributed by atoms with Crippen molar-refractivity contribution in [2.24, 2.45) is 0 Å². The van der Waals surface area contributed by atoms with E-state index in [0.717, 1.165) is 72.3 Å². The van der Waals surface area contributed by atoms with Gasteiger partial charge in [-0.1, -0.05) is 107 Å². The summed E-state index contributed by atoms with van der Waals surface area (Å²) in [7, 11) is 0. The number of fused-ring (bicyclic) bond motifs is 2. The maximum Gasteiger partial charge on any atom is 0.275 e. The first kappa shape index (κ1) is 36.8. The second-order valence-corrected chi connectivity index (χ2v) is 17.0. The number of hydrogen-bond acceptors (Lipinski definition) is 5. The minimum absolute atomic E-state index is 0.205. The summed E-state index contributed by atoms with van der Waals surface area (Å²) in [5, 5.41) is 0. The summed E-state index contributed by atoms with van der Waals surface area (Å²) >= 11 is 3.94. The first-order valence-electron chi connectivity index (χ1n) is 20.1. The number of nitrogens with zero attached hydrogens (tertiary/aromatic N) is 5. The van der Waals surface area contributed by atoms with Gasteiger partial charge < -0.3 is 0 Å². The molecule has 0 amide bonds. The van der Waals surface area contributed by atoms with Gasteiger partial charge >= 0.3 is 0 Å². The quantitative estimate of drug-likeness (QED) is 0.156. The maximum absolute atomic E-state index is 16.4. The van der Waals surface area contributed by atoms with E-state index in [1.165, 1.54) is 40.7 Å². The lowest BCUT2D eigenvalue weighted by molar-refractivity contribution is -0.135. The van der Waals surface area contributed by atoms with Gasteiger partial charge in [-0.2, -0.15) is 0 Å². The zero-order valence-electron chi connectivity index (χ0n) is 31.5. The predicted molar refractivity (Wildman–Crippen MR) is 220 cm³/mol. The summed E-state index contributed by atoms with van der Waals surface area (Å²) in [4.78, 5) is 14.1. The third kappa shape index (κ3) is 7.81. The highest BCUT2D eigenvalue weighted by atomic mass is 79.9. The van der Waals surface area contributed by atoms with Crippen LogP contribution in [0.3, 0.4) is 0 Å². The summed E-state index contributed by atoms with van der Waals surface area (Å²) in [5.41, 5.74) is 10.9. The molecule has 5 heterocycles. The van der Waals surface area contributed by atoms with Crippen LogP contribution in [0.5, 0.6) is 0 Å². The van der Waals surface area contributed by atoms with E-state index in [1.807, 2.05) is 58.6 Å². The molecule has 284 valence electrons. The smallest absolute Gasteiger partial charge is 0.275 e. The highest BCUT2D eigenvalue weighted by Gasteiger charge is 2.49. The van der Waals surface area contributed by atoms with Crippen LogP contribution in [-0.2, 0) is 32.5 Å². The van der Waals surface area contributed by atoms with Crippen LogP contribution in [0.4, 0.5) is 8.78 Å². The Bertz CT molecular complexity index is 2030. The normalized spacial score (nSPS) is 21.3. The molecule has 1 atom stereocenters. The second kappa shape index (κ2) is 16.0. The lowest BCUT2D eigenvalue weighted by Crippen LogP contribution is -2.59. The number of hydrogen-bond donors (Lipinski definition) is 0. The SMILES string of the molecule is FC1(F)CN(C(c2ccccc2)c2ccccc2)CCC1N1CCc2c(cncc2-c2cc3c(cc2Br)CCN(C2CCN(Cc4ccccc4)CC2)C3)C1. The van der Waals surface area contributed by atoms with Crippen LogP contribution >= 0.6 is 15.9 Å². The van der Waals surface area contributed by atoms with Crippen LogP contribution in [0, 0.1) is 0 Å². The van der Waals surface area contributed by atoms with Crippen LogP contribution in [0.25, 0.3) is 11.1 Å². The lowest BCUT2D eigenvalue weighted by Gasteiger charge is -2.47. The van der Waals surface area contributed by atoms with Crippen LogP contribution in [0.15, 0.2) is 120 Å². The van der Waals surface area contributed by atoms with E-state index in [1.54, 1.807) is 0 Å². The molecule has 0 spiro atoms. The van der Waals surface area contributed by atoms with Crippen molar-refractivity contribution in [1.82, 2.24) is 24.6 Å². The Morgan fingerprint density at radius 2 is 1.33 bits per heavy atom. The molecule has 1 unspecified atom stereocenters. The van der Waals surface area contributed by atoms with Crippen LogP contribution in [-0.4, -0.2) is 81.9 Å². The fourth-order valence-corrected chi connectivity index (χ4v) is 10.5. The summed E-state index contributed by atoms with van der Waals surface area (Å²) in [6.07, 6.45) is 8.53. The van der Waals surface area contributed by atoms with Crippen molar-refractivity contribution in [3.63, 3.8) is 0 Å². The number of aromatic nitrogens is 1. The molecule has 0 N–H and O–H groups in total. The Kier molecular flexibility index (Phi) is 10.7. The standard InChI is InChI=1S/C47H50BrF2N5/c48-44-27-37-16-23-53(40-17-21-52(22-18-40)30-34-10-4-1-5-11-34)31-38(37)26-42(44)43-29-51-28-39-32-54(24-19-41(39)43)45-20-25-55(33-47(45,49)50)46(35-12-6-2-7-13-35)36-14-8-3-9-15-36/h1-15,26-29,40,45-46H,16-25,30-33H2. The summed E-state index contributed by atoms with van der Waals surface area (Å²) in [5.74, 6) is -2.85. The molecular weight excluding hydrogens is 752 g/mol. The van der Waals surface area contributed by atoms with E-state index in [4.69, 9.17) is 4.98 Å². The van der Waals surface area contributed by atoms with Crippen molar-refractivity contribution in [3.05, 3.63) is 159 Å². The van der Waals surface area contributed by atoms with Gasteiger partial charge in [-0.3, -0.25) is 24.6 Å². The topological polar surface area (TPSA) is 25.9 Å². The third-order valence-corrected chi connectivity index (χ3v) is 13.4. The maximum atomic E-state index is 16.4. The van der Waals surface area contributed by atoms with Crippen molar-refractivity contribution >= 4 is 15.9 Å².